The van der Waals surface area contributed by atoms with Crippen LogP contribution in [0.5, 0.6) is 5.75 Å². The number of hydrogen-bond donors (Lipinski definition) is 0. The Hall–Kier alpha value is -2.24. The second-order valence-corrected chi connectivity index (χ2v) is 5.20. The van der Waals surface area contributed by atoms with Crippen LogP contribution in [0.1, 0.15) is 0 Å². The molecule has 0 aliphatic rings. The van der Waals surface area contributed by atoms with Crippen molar-refractivity contribution in [2.24, 2.45) is 0 Å². The maximum Gasteiger partial charge on any atom is 0.462 e. The average Bonchev–Trinajstić information content (AvgIpc) is 2.52. The van der Waals surface area contributed by atoms with Crippen LogP contribution in [0.4, 0.5) is 43.9 Å². The van der Waals surface area contributed by atoms with Gasteiger partial charge in [-0.25, -0.2) is 4.39 Å². The molecule has 12 heteroatoms. The summed E-state index contributed by atoms with van der Waals surface area (Å²) < 4.78 is 133. The Morgan fingerprint density at radius 2 is 1.30 bits per heavy atom. The minimum absolute atomic E-state index is 0.316. The molecule has 2 nitrogen and oxygen atoms in total. The van der Waals surface area contributed by atoms with Gasteiger partial charge in [-0.1, -0.05) is 30.3 Å². The van der Waals surface area contributed by atoms with Crippen LogP contribution < -0.4 is 4.74 Å². The van der Waals surface area contributed by atoms with Gasteiger partial charge in [-0.3, -0.25) is 4.74 Å². The zero-order valence-electron chi connectivity index (χ0n) is 12.7. The molecule has 2 aromatic carbocycles. The van der Waals surface area contributed by atoms with Crippen molar-refractivity contribution in [3.63, 3.8) is 0 Å². The molecule has 0 amide bonds. The number of halogens is 10. The van der Waals surface area contributed by atoms with Crippen molar-refractivity contribution in [3.05, 3.63) is 42.5 Å². The second kappa shape index (κ2) is 6.73. The molecule has 1 unspecified atom stereocenters. The molecule has 0 heterocycles. The Morgan fingerprint density at radius 1 is 0.741 bits per heavy atom. The summed E-state index contributed by atoms with van der Waals surface area (Å²) in [4.78, 5) is 0. The lowest BCUT2D eigenvalue weighted by molar-refractivity contribution is -0.460. The molecule has 0 saturated carbocycles. The molecule has 0 N–H and O–H groups in total. The van der Waals surface area contributed by atoms with Gasteiger partial charge in [0.1, 0.15) is 5.75 Å². The summed E-state index contributed by atoms with van der Waals surface area (Å²) in [6.45, 7) is 0. The zero-order valence-corrected chi connectivity index (χ0v) is 12.7. The first kappa shape index (κ1) is 21.1. The molecule has 0 spiro atoms. The van der Waals surface area contributed by atoms with Gasteiger partial charge in [0.25, 0.3) is 0 Å². The highest BCUT2D eigenvalue weighted by atomic mass is 19.4. The first-order chi connectivity index (χ1) is 12.2. The molecule has 0 saturated heterocycles. The summed E-state index contributed by atoms with van der Waals surface area (Å²) >= 11 is 0. The molecule has 0 radical (unpaired) electrons. The summed E-state index contributed by atoms with van der Waals surface area (Å²) in [6, 6.07) is 9.17. The lowest BCUT2D eigenvalue weighted by Gasteiger charge is -2.30. The van der Waals surface area contributed by atoms with Crippen molar-refractivity contribution in [1.82, 2.24) is 0 Å². The van der Waals surface area contributed by atoms with Crippen LogP contribution in [-0.4, -0.2) is 30.7 Å². The Labute approximate surface area is 144 Å². The molecule has 27 heavy (non-hydrogen) atoms. The van der Waals surface area contributed by atoms with Crippen LogP contribution in [-0.2, 0) is 4.74 Å². The third-order valence-electron chi connectivity index (χ3n) is 3.21. The van der Waals surface area contributed by atoms with E-state index in [9.17, 15) is 43.9 Å². The number of ether oxygens (including phenoxy) is 2. The van der Waals surface area contributed by atoms with E-state index in [1.165, 1.54) is 18.2 Å². The smallest absolute Gasteiger partial charge is 0.429 e. The highest BCUT2D eigenvalue weighted by Gasteiger charge is 2.76. The minimum Gasteiger partial charge on any atom is -0.429 e. The van der Waals surface area contributed by atoms with Gasteiger partial charge >= 0.3 is 30.7 Å². The van der Waals surface area contributed by atoms with Crippen molar-refractivity contribution in [3.8, 4) is 5.75 Å². The maximum absolute atomic E-state index is 13.5. The fourth-order valence-corrected chi connectivity index (χ4v) is 1.87. The van der Waals surface area contributed by atoms with E-state index in [-0.39, 0.29) is 0 Å². The summed E-state index contributed by atoms with van der Waals surface area (Å²) in [7, 11) is 0. The monoisotopic (exact) mass is 410 g/mol. The standard InChI is InChI=1S/C15H8F10O2/c16-11(27-15(24,25)13(19,20)14(21,22)23)12(17,18)26-10-6-5-8-3-1-2-4-9(8)7-10/h1-7,11H. The van der Waals surface area contributed by atoms with Gasteiger partial charge in [0, 0.05) is 0 Å². The molecule has 2 aromatic rings. The number of benzene rings is 2. The van der Waals surface area contributed by atoms with Gasteiger partial charge in [-0.2, -0.15) is 39.5 Å². The third-order valence-corrected chi connectivity index (χ3v) is 3.21. The predicted octanol–water partition coefficient (Wildman–Crippen LogP) is 5.91. The highest BCUT2D eigenvalue weighted by molar-refractivity contribution is 5.83. The molecule has 0 bridgehead atoms. The number of fused-ring (bicyclic) bond motifs is 1. The fourth-order valence-electron chi connectivity index (χ4n) is 1.87. The van der Waals surface area contributed by atoms with Gasteiger partial charge in [0.05, 0.1) is 0 Å². The van der Waals surface area contributed by atoms with Crippen LogP contribution in [0, 0.1) is 0 Å². The SMILES string of the molecule is FC(OC(F)(F)C(F)(F)C(F)(F)F)C(F)(F)Oc1ccc2ccccc2c1. The fraction of sp³-hybridized carbons (Fsp3) is 0.333. The largest absolute Gasteiger partial charge is 0.462 e. The Balaban J connectivity index is 2.19. The summed E-state index contributed by atoms with van der Waals surface area (Å²) in [5, 5.41) is 0.855. The average molecular weight is 410 g/mol. The van der Waals surface area contributed by atoms with Crippen LogP contribution in [0.15, 0.2) is 42.5 Å². The van der Waals surface area contributed by atoms with Crippen molar-refractivity contribution >= 4 is 10.8 Å². The van der Waals surface area contributed by atoms with Crippen LogP contribution in [0.3, 0.4) is 0 Å². The second-order valence-electron chi connectivity index (χ2n) is 5.20. The van der Waals surface area contributed by atoms with E-state index in [1.54, 1.807) is 12.1 Å². The quantitative estimate of drug-likeness (QED) is 0.551. The minimum atomic E-state index is -6.91. The molecule has 150 valence electrons. The molecule has 0 aliphatic carbocycles. The van der Waals surface area contributed by atoms with E-state index in [1.807, 2.05) is 0 Å². The molecular weight excluding hydrogens is 402 g/mol. The molecular formula is C15H8F10O2. The van der Waals surface area contributed by atoms with Crippen molar-refractivity contribution in [2.75, 3.05) is 0 Å². The predicted molar refractivity (Wildman–Crippen MR) is 71.5 cm³/mol. The third kappa shape index (κ3) is 4.20. The molecule has 1 atom stereocenters. The zero-order chi connectivity index (χ0) is 20.7. The van der Waals surface area contributed by atoms with Gasteiger partial charge in [0.15, 0.2) is 0 Å². The topological polar surface area (TPSA) is 18.5 Å². The number of rotatable bonds is 6. The first-order valence-electron chi connectivity index (χ1n) is 6.87. The van der Waals surface area contributed by atoms with E-state index >= 15 is 0 Å². The first-order valence-corrected chi connectivity index (χ1v) is 6.87. The van der Waals surface area contributed by atoms with E-state index in [4.69, 9.17) is 0 Å². The van der Waals surface area contributed by atoms with E-state index in [0.717, 1.165) is 12.1 Å². The molecule has 2 rings (SSSR count). The van der Waals surface area contributed by atoms with Crippen LogP contribution in [0.2, 0.25) is 0 Å². The van der Waals surface area contributed by atoms with E-state index < -0.39 is 36.4 Å². The normalized spacial score (nSPS) is 15.0. The van der Waals surface area contributed by atoms with Gasteiger partial charge < -0.3 is 4.74 Å². The lowest BCUT2D eigenvalue weighted by atomic mass is 10.1. The maximum atomic E-state index is 13.5. The van der Waals surface area contributed by atoms with E-state index in [2.05, 4.69) is 9.47 Å². The molecule has 0 aliphatic heterocycles. The summed E-state index contributed by atoms with van der Waals surface area (Å²) in [6.07, 6.45) is -23.4. The summed E-state index contributed by atoms with van der Waals surface area (Å²) in [5.74, 6) is -7.68. The molecule has 0 aromatic heterocycles. The lowest BCUT2D eigenvalue weighted by Crippen LogP contribution is -2.56. The van der Waals surface area contributed by atoms with Crippen molar-refractivity contribution in [2.45, 2.75) is 30.7 Å². The number of alkyl halides is 10. The van der Waals surface area contributed by atoms with E-state index in [0.29, 0.717) is 10.8 Å². The Bertz CT molecular complexity index is 803. The van der Waals surface area contributed by atoms with Crippen LogP contribution in [0.25, 0.3) is 10.8 Å². The van der Waals surface area contributed by atoms with Gasteiger partial charge in [0.2, 0.25) is 0 Å². The number of hydrogen-bond acceptors (Lipinski definition) is 2. The van der Waals surface area contributed by atoms with Crippen LogP contribution >= 0.6 is 0 Å². The molecule has 0 fully saturated rings. The Morgan fingerprint density at radius 3 is 1.85 bits per heavy atom. The van der Waals surface area contributed by atoms with Crippen molar-refractivity contribution in [1.29, 1.82) is 0 Å². The van der Waals surface area contributed by atoms with Gasteiger partial charge in [-0.15, -0.1) is 0 Å². The Kier molecular flexibility index (Phi) is 5.25. The summed E-state index contributed by atoms with van der Waals surface area (Å²) in [5.41, 5.74) is 0. The van der Waals surface area contributed by atoms with Gasteiger partial charge in [-0.05, 0) is 22.9 Å². The van der Waals surface area contributed by atoms with Crippen molar-refractivity contribution < 1.29 is 53.4 Å². The highest BCUT2D eigenvalue weighted by Crippen LogP contribution is 2.48.